The van der Waals surface area contributed by atoms with Crippen LogP contribution in [0.15, 0.2) is 60.7 Å². The molecule has 1 heterocycles. The Morgan fingerprint density at radius 3 is 2.52 bits per heavy atom. The number of para-hydroxylation sites is 2. The first-order valence-electron chi connectivity index (χ1n) is 7.20. The molecule has 0 saturated carbocycles. The van der Waals surface area contributed by atoms with Gasteiger partial charge in [0.25, 0.3) is 5.91 Å². The molecule has 5 nitrogen and oxygen atoms in total. The molecular formula is C18H15NO4. The highest BCUT2D eigenvalue weighted by atomic mass is 16.5. The molecule has 0 atom stereocenters. The van der Waals surface area contributed by atoms with Gasteiger partial charge in [0.05, 0.1) is 17.8 Å². The quantitative estimate of drug-likeness (QED) is 0.862. The number of carboxylic acids is 1. The van der Waals surface area contributed by atoms with E-state index >= 15 is 0 Å². The minimum absolute atomic E-state index is 0.202. The smallest absolute Gasteiger partial charge is 0.329 e. The van der Waals surface area contributed by atoms with Crippen molar-refractivity contribution in [3.8, 4) is 5.75 Å². The van der Waals surface area contributed by atoms with Gasteiger partial charge < -0.3 is 14.7 Å². The minimum atomic E-state index is -1.13. The summed E-state index contributed by atoms with van der Waals surface area (Å²) < 4.78 is 5.62. The molecule has 116 valence electrons. The predicted octanol–water partition coefficient (Wildman–Crippen LogP) is 2.58. The Bertz CT molecular complexity index is 768. The monoisotopic (exact) mass is 309 g/mol. The Balaban J connectivity index is 1.77. The number of carbonyl (C=O) groups excluding carboxylic acids is 1. The largest absolute Gasteiger partial charge is 0.492 e. The van der Waals surface area contributed by atoms with Crippen molar-refractivity contribution in [2.24, 2.45) is 0 Å². The van der Waals surface area contributed by atoms with E-state index in [4.69, 9.17) is 9.84 Å². The molecule has 23 heavy (non-hydrogen) atoms. The number of ether oxygens (including phenoxy) is 1. The van der Waals surface area contributed by atoms with Crippen molar-refractivity contribution in [1.29, 1.82) is 0 Å². The molecule has 2 aromatic carbocycles. The molecule has 0 unspecified atom stereocenters. The zero-order valence-electron chi connectivity index (χ0n) is 12.3. The number of carbonyl (C=O) groups is 2. The van der Waals surface area contributed by atoms with Crippen LogP contribution >= 0.6 is 0 Å². The predicted molar refractivity (Wildman–Crippen MR) is 86.3 cm³/mol. The SMILES string of the molecule is O=C(O)/C=C1/C(=O)N(CCOc2ccccc2)c2ccccc21. The van der Waals surface area contributed by atoms with Crippen molar-refractivity contribution < 1.29 is 19.4 Å². The number of fused-ring (bicyclic) bond motifs is 1. The average molecular weight is 309 g/mol. The van der Waals surface area contributed by atoms with Gasteiger partial charge in [0, 0.05) is 11.6 Å². The molecule has 1 aliphatic rings. The van der Waals surface area contributed by atoms with Gasteiger partial charge >= 0.3 is 5.97 Å². The number of rotatable bonds is 5. The summed E-state index contributed by atoms with van der Waals surface area (Å²) in [5.41, 5.74) is 1.55. The summed E-state index contributed by atoms with van der Waals surface area (Å²) in [5.74, 6) is -0.718. The third-order valence-corrected chi connectivity index (χ3v) is 3.56. The van der Waals surface area contributed by atoms with Gasteiger partial charge in [0.15, 0.2) is 0 Å². The van der Waals surface area contributed by atoms with Crippen LogP contribution in [0.3, 0.4) is 0 Å². The van der Waals surface area contributed by atoms with Crippen LogP contribution in [0.25, 0.3) is 5.57 Å². The second-order valence-corrected chi connectivity index (χ2v) is 5.03. The molecule has 0 aliphatic carbocycles. The van der Waals surface area contributed by atoms with Crippen molar-refractivity contribution in [3.63, 3.8) is 0 Å². The lowest BCUT2D eigenvalue weighted by molar-refractivity contribution is -0.131. The van der Waals surface area contributed by atoms with Gasteiger partial charge in [-0.15, -0.1) is 0 Å². The second-order valence-electron chi connectivity index (χ2n) is 5.03. The van der Waals surface area contributed by atoms with Crippen LogP contribution in [0.5, 0.6) is 5.75 Å². The Morgan fingerprint density at radius 1 is 1.09 bits per heavy atom. The standard InChI is InChI=1S/C18H15NO4/c20-17(21)12-15-14-8-4-5-9-16(14)19(18(15)22)10-11-23-13-6-2-1-3-7-13/h1-9,12H,10-11H2,(H,20,21)/b15-12+. The Hall–Kier alpha value is -3.08. The molecule has 1 amide bonds. The van der Waals surface area contributed by atoms with Crippen LogP contribution in [-0.4, -0.2) is 30.1 Å². The van der Waals surface area contributed by atoms with Crippen molar-refractivity contribution >= 4 is 23.1 Å². The molecule has 2 aromatic rings. The van der Waals surface area contributed by atoms with E-state index in [1.165, 1.54) is 0 Å². The van der Waals surface area contributed by atoms with Gasteiger partial charge in [0.2, 0.25) is 0 Å². The van der Waals surface area contributed by atoms with E-state index < -0.39 is 5.97 Å². The summed E-state index contributed by atoms with van der Waals surface area (Å²) in [6, 6.07) is 16.5. The fourth-order valence-electron chi connectivity index (χ4n) is 2.56. The van der Waals surface area contributed by atoms with Crippen LogP contribution < -0.4 is 9.64 Å². The first kappa shape index (κ1) is 14.8. The van der Waals surface area contributed by atoms with Gasteiger partial charge in [-0.3, -0.25) is 4.79 Å². The van der Waals surface area contributed by atoms with Crippen LogP contribution in [0.2, 0.25) is 0 Å². The first-order valence-corrected chi connectivity index (χ1v) is 7.20. The van der Waals surface area contributed by atoms with Gasteiger partial charge in [-0.2, -0.15) is 0 Å². The molecule has 5 heteroatoms. The van der Waals surface area contributed by atoms with Gasteiger partial charge in [-0.05, 0) is 18.2 Å². The van der Waals surface area contributed by atoms with Gasteiger partial charge in [-0.25, -0.2) is 4.79 Å². The lowest BCUT2D eigenvalue weighted by Crippen LogP contribution is -2.31. The number of benzene rings is 2. The summed E-state index contributed by atoms with van der Waals surface area (Å²) in [4.78, 5) is 25.0. The highest BCUT2D eigenvalue weighted by molar-refractivity contribution is 6.34. The highest BCUT2D eigenvalue weighted by Crippen LogP contribution is 2.36. The van der Waals surface area contributed by atoms with E-state index in [0.717, 1.165) is 11.8 Å². The number of amides is 1. The maximum atomic E-state index is 12.5. The van der Waals surface area contributed by atoms with E-state index in [1.54, 1.807) is 23.1 Å². The molecule has 0 spiro atoms. The zero-order valence-corrected chi connectivity index (χ0v) is 12.3. The lowest BCUT2D eigenvalue weighted by Gasteiger charge is -2.17. The van der Waals surface area contributed by atoms with Crippen molar-refractivity contribution in [3.05, 3.63) is 66.2 Å². The summed E-state index contributed by atoms with van der Waals surface area (Å²) in [5, 5.41) is 8.96. The van der Waals surface area contributed by atoms with E-state index in [-0.39, 0.29) is 11.5 Å². The molecule has 0 radical (unpaired) electrons. The van der Waals surface area contributed by atoms with Gasteiger partial charge in [-0.1, -0.05) is 36.4 Å². The second kappa shape index (κ2) is 6.36. The third kappa shape index (κ3) is 3.08. The minimum Gasteiger partial charge on any atom is -0.492 e. The van der Waals surface area contributed by atoms with Crippen molar-refractivity contribution in [2.45, 2.75) is 0 Å². The molecule has 0 fully saturated rings. The first-order chi connectivity index (χ1) is 11.2. The normalized spacial score (nSPS) is 14.9. The Kier molecular flexibility index (Phi) is 4.10. The Labute approximate surface area is 133 Å². The lowest BCUT2D eigenvalue weighted by atomic mass is 10.1. The number of carboxylic acid groups (broad SMARTS) is 1. The highest BCUT2D eigenvalue weighted by Gasteiger charge is 2.32. The topological polar surface area (TPSA) is 66.8 Å². The van der Waals surface area contributed by atoms with E-state index in [2.05, 4.69) is 0 Å². The van der Waals surface area contributed by atoms with E-state index in [0.29, 0.717) is 24.4 Å². The summed E-state index contributed by atoms with van der Waals surface area (Å²) in [7, 11) is 0. The number of hydrogen-bond acceptors (Lipinski definition) is 3. The number of anilines is 1. The van der Waals surface area contributed by atoms with E-state index in [1.807, 2.05) is 36.4 Å². The third-order valence-electron chi connectivity index (χ3n) is 3.56. The maximum Gasteiger partial charge on any atom is 0.329 e. The summed E-state index contributed by atoms with van der Waals surface area (Å²) >= 11 is 0. The number of aliphatic carboxylic acids is 1. The van der Waals surface area contributed by atoms with Crippen molar-refractivity contribution in [1.82, 2.24) is 0 Å². The number of nitrogens with zero attached hydrogens (tertiary/aromatic N) is 1. The summed E-state index contributed by atoms with van der Waals surface area (Å²) in [6.07, 6.45) is 0.958. The van der Waals surface area contributed by atoms with Crippen LogP contribution in [0, 0.1) is 0 Å². The molecule has 3 rings (SSSR count). The molecule has 0 bridgehead atoms. The van der Waals surface area contributed by atoms with Crippen LogP contribution in [0.1, 0.15) is 5.56 Å². The fraction of sp³-hybridized carbons (Fsp3) is 0.111. The molecule has 1 aliphatic heterocycles. The molecular weight excluding hydrogens is 294 g/mol. The Morgan fingerprint density at radius 2 is 1.78 bits per heavy atom. The molecule has 0 saturated heterocycles. The zero-order chi connectivity index (χ0) is 16.2. The maximum absolute atomic E-state index is 12.5. The van der Waals surface area contributed by atoms with E-state index in [9.17, 15) is 9.59 Å². The van der Waals surface area contributed by atoms with Crippen LogP contribution in [-0.2, 0) is 9.59 Å². The van der Waals surface area contributed by atoms with Crippen molar-refractivity contribution in [2.75, 3.05) is 18.1 Å². The van der Waals surface area contributed by atoms with Gasteiger partial charge in [0.1, 0.15) is 12.4 Å². The number of hydrogen-bond donors (Lipinski definition) is 1. The molecule has 1 N–H and O–H groups in total. The fourth-order valence-corrected chi connectivity index (χ4v) is 2.56. The summed E-state index contributed by atoms with van der Waals surface area (Å²) in [6.45, 7) is 0.673. The molecule has 0 aromatic heterocycles. The average Bonchev–Trinajstić information content (AvgIpc) is 2.81. The van der Waals surface area contributed by atoms with Crippen LogP contribution in [0.4, 0.5) is 5.69 Å².